The lowest BCUT2D eigenvalue weighted by Crippen LogP contribution is -2.08. The molecule has 0 N–H and O–H groups in total. The number of carbonyl (C=O) groups excluding carboxylic acids is 1. The Kier molecular flexibility index (Phi) is 4.45. The average Bonchev–Trinajstić information content (AvgIpc) is 2.70. The van der Waals surface area contributed by atoms with Crippen molar-refractivity contribution < 1.29 is 9.53 Å². The molecule has 0 aliphatic carbocycles. The fraction of sp³-hybridized carbons (Fsp3) is 0.231. The van der Waals surface area contributed by atoms with E-state index in [0.29, 0.717) is 0 Å². The van der Waals surface area contributed by atoms with Crippen molar-refractivity contribution in [2.45, 2.75) is 20.0 Å². The van der Waals surface area contributed by atoms with E-state index in [4.69, 9.17) is 27.9 Å². The molecular weight excluding hydrogens is 305 g/mol. The molecule has 100 valence electrons. The molecule has 0 aliphatic rings. The molecule has 0 spiro atoms. The number of hydrogen-bond acceptors (Lipinski definition) is 4. The summed E-state index contributed by atoms with van der Waals surface area (Å²) in [6, 6.07) is 7.79. The summed E-state index contributed by atoms with van der Waals surface area (Å²) in [5, 5.41) is 0.273. The molecule has 0 fully saturated rings. The quantitative estimate of drug-likeness (QED) is 0.772. The standard InChI is InChI=1S/C13H11Cl2NO2S/c1-7-3-5-9(6-4-7)8(2)18-13(17)11-10(14)12(15)16-19-11/h3-6,8H,1-2H3. The Hall–Kier alpha value is -1.10. The molecule has 0 saturated heterocycles. The fourth-order valence-corrected chi connectivity index (χ4v) is 2.60. The third-order valence-electron chi connectivity index (χ3n) is 2.61. The predicted octanol–water partition coefficient (Wildman–Crippen LogP) is 4.68. The molecule has 1 unspecified atom stereocenters. The summed E-state index contributed by atoms with van der Waals surface area (Å²) in [6.45, 7) is 3.80. The first-order valence-electron chi connectivity index (χ1n) is 5.57. The summed E-state index contributed by atoms with van der Waals surface area (Å²) in [5.41, 5.74) is 2.07. The molecule has 0 bridgehead atoms. The van der Waals surface area contributed by atoms with Gasteiger partial charge >= 0.3 is 5.97 Å². The first-order chi connectivity index (χ1) is 8.99. The Morgan fingerprint density at radius 1 is 1.32 bits per heavy atom. The maximum Gasteiger partial charge on any atom is 0.352 e. The van der Waals surface area contributed by atoms with E-state index in [1.165, 1.54) is 0 Å². The number of halogens is 2. The minimum absolute atomic E-state index is 0.126. The lowest BCUT2D eigenvalue weighted by molar-refractivity contribution is 0.0344. The van der Waals surface area contributed by atoms with Crippen molar-refractivity contribution in [1.82, 2.24) is 4.37 Å². The second-order valence-electron chi connectivity index (χ2n) is 4.07. The number of aryl methyl sites for hydroxylation is 1. The smallest absolute Gasteiger partial charge is 0.352 e. The highest BCUT2D eigenvalue weighted by Crippen LogP contribution is 2.30. The van der Waals surface area contributed by atoms with Gasteiger partial charge in [0.15, 0.2) is 10.0 Å². The molecule has 1 atom stereocenters. The van der Waals surface area contributed by atoms with Crippen molar-refractivity contribution in [1.29, 1.82) is 0 Å². The molecule has 0 amide bonds. The molecule has 0 aliphatic heterocycles. The van der Waals surface area contributed by atoms with Crippen molar-refractivity contribution in [3.05, 3.63) is 50.4 Å². The Labute approximate surface area is 125 Å². The maximum absolute atomic E-state index is 11.9. The summed E-state index contributed by atoms with van der Waals surface area (Å²) in [5.74, 6) is -0.512. The molecular formula is C13H11Cl2NO2S. The van der Waals surface area contributed by atoms with Gasteiger partial charge in [-0.25, -0.2) is 4.79 Å². The van der Waals surface area contributed by atoms with E-state index in [0.717, 1.165) is 22.7 Å². The van der Waals surface area contributed by atoms with E-state index < -0.39 is 5.97 Å². The number of carbonyl (C=O) groups is 1. The summed E-state index contributed by atoms with van der Waals surface area (Å²) in [7, 11) is 0. The average molecular weight is 316 g/mol. The Morgan fingerprint density at radius 2 is 1.95 bits per heavy atom. The van der Waals surface area contributed by atoms with Gasteiger partial charge in [-0.3, -0.25) is 0 Å². The zero-order valence-corrected chi connectivity index (χ0v) is 12.6. The largest absolute Gasteiger partial charge is 0.454 e. The van der Waals surface area contributed by atoms with Crippen LogP contribution in [0.3, 0.4) is 0 Å². The van der Waals surface area contributed by atoms with Crippen LogP contribution in [0.15, 0.2) is 24.3 Å². The summed E-state index contributed by atoms with van der Waals surface area (Å²) >= 11 is 12.5. The minimum Gasteiger partial charge on any atom is -0.454 e. The van der Waals surface area contributed by atoms with Crippen molar-refractivity contribution in [2.24, 2.45) is 0 Å². The van der Waals surface area contributed by atoms with Crippen LogP contribution >= 0.6 is 34.7 Å². The molecule has 1 aromatic carbocycles. The number of nitrogens with zero attached hydrogens (tertiary/aromatic N) is 1. The number of benzene rings is 1. The Bertz CT molecular complexity index is 595. The monoisotopic (exact) mass is 315 g/mol. The zero-order chi connectivity index (χ0) is 14.0. The van der Waals surface area contributed by atoms with Gasteiger partial charge in [0, 0.05) is 0 Å². The molecule has 1 aromatic heterocycles. The lowest BCUT2D eigenvalue weighted by Gasteiger charge is -2.13. The number of ether oxygens (including phenoxy) is 1. The van der Waals surface area contributed by atoms with Crippen LogP contribution in [-0.4, -0.2) is 10.3 Å². The molecule has 2 rings (SSSR count). The van der Waals surface area contributed by atoms with Crippen molar-refractivity contribution in [3.63, 3.8) is 0 Å². The van der Waals surface area contributed by atoms with Gasteiger partial charge in [0.05, 0.1) is 0 Å². The van der Waals surface area contributed by atoms with Crippen LogP contribution in [0, 0.1) is 6.92 Å². The van der Waals surface area contributed by atoms with Crippen LogP contribution in [0.1, 0.15) is 33.8 Å². The van der Waals surface area contributed by atoms with Crippen molar-refractivity contribution in [2.75, 3.05) is 0 Å². The molecule has 0 radical (unpaired) electrons. The highest BCUT2D eigenvalue weighted by Gasteiger charge is 2.21. The molecule has 6 heteroatoms. The Morgan fingerprint density at radius 3 is 2.47 bits per heavy atom. The van der Waals surface area contributed by atoms with Gasteiger partial charge in [-0.2, -0.15) is 4.37 Å². The van der Waals surface area contributed by atoms with E-state index in [9.17, 15) is 4.79 Å². The first kappa shape index (κ1) is 14.3. The third kappa shape index (κ3) is 3.26. The van der Waals surface area contributed by atoms with Crippen LogP contribution in [0.25, 0.3) is 0 Å². The fourth-order valence-electron chi connectivity index (χ4n) is 1.51. The normalized spacial score (nSPS) is 12.2. The van der Waals surface area contributed by atoms with Gasteiger partial charge in [-0.05, 0) is 30.9 Å². The molecule has 19 heavy (non-hydrogen) atoms. The van der Waals surface area contributed by atoms with Crippen LogP contribution in [0.2, 0.25) is 10.2 Å². The number of esters is 1. The topological polar surface area (TPSA) is 39.2 Å². The molecule has 2 aromatic rings. The van der Waals surface area contributed by atoms with Crippen LogP contribution in [0.5, 0.6) is 0 Å². The van der Waals surface area contributed by atoms with Gasteiger partial charge in [0.2, 0.25) is 0 Å². The van der Waals surface area contributed by atoms with E-state index in [2.05, 4.69) is 4.37 Å². The van der Waals surface area contributed by atoms with Crippen molar-refractivity contribution >= 4 is 40.7 Å². The summed E-state index contributed by atoms with van der Waals surface area (Å²) in [6.07, 6.45) is -0.356. The zero-order valence-electron chi connectivity index (χ0n) is 10.3. The molecule has 0 saturated carbocycles. The first-order valence-corrected chi connectivity index (χ1v) is 7.10. The third-order valence-corrected chi connectivity index (χ3v) is 4.39. The predicted molar refractivity (Wildman–Crippen MR) is 77.1 cm³/mol. The van der Waals surface area contributed by atoms with Crippen LogP contribution < -0.4 is 0 Å². The maximum atomic E-state index is 11.9. The second kappa shape index (κ2) is 5.90. The van der Waals surface area contributed by atoms with Gasteiger partial charge in [0.1, 0.15) is 11.1 Å². The number of hydrogen-bond donors (Lipinski definition) is 0. The Balaban J connectivity index is 2.10. The second-order valence-corrected chi connectivity index (χ2v) is 5.58. The van der Waals surface area contributed by atoms with E-state index >= 15 is 0 Å². The highest BCUT2D eigenvalue weighted by atomic mass is 35.5. The van der Waals surface area contributed by atoms with E-state index in [-0.39, 0.29) is 21.2 Å². The lowest BCUT2D eigenvalue weighted by atomic mass is 10.1. The summed E-state index contributed by atoms with van der Waals surface area (Å²) in [4.78, 5) is 12.2. The SMILES string of the molecule is Cc1ccc(C(C)OC(=O)c2snc(Cl)c2Cl)cc1. The highest BCUT2D eigenvalue weighted by molar-refractivity contribution is 7.09. The minimum atomic E-state index is -0.512. The molecule has 1 heterocycles. The van der Waals surface area contributed by atoms with Crippen molar-refractivity contribution in [3.8, 4) is 0 Å². The van der Waals surface area contributed by atoms with E-state index in [1.807, 2.05) is 31.2 Å². The molecule has 3 nitrogen and oxygen atoms in total. The van der Waals surface area contributed by atoms with Gasteiger partial charge in [-0.1, -0.05) is 53.0 Å². The number of rotatable bonds is 3. The number of aromatic nitrogens is 1. The van der Waals surface area contributed by atoms with Gasteiger partial charge in [0.25, 0.3) is 0 Å². The van der Waals surface area contributed by atoms with Crippen LogP contribution in [0.4, 0.5) is 0 Å². The van der Waals surface area contributed by atoms with Gasteiger partial charge < -0.3 is 4.74 Å². The van der Waals surface area contributed by atoms with Crippen LogP contribution in [-0.2, 0) is 4.74 Å². The summed E-state index contributed by atoms with van der Waals surface area (Å²) < 4.78 is 9.15. The van der Waals surface area contributed by atoms with Gasteiger partial charge in [-0.15, -0.1) is 0 Å². The van der Waals surface area contributed by atoms with E-state index in [1.54, 1.807) is 6.92 Å².